The third-order valence-electron chi connectivity index (χ3n) is 4.42. The zero-order chi connectivity index (χ0) is 21.0. The Balaban J connectivity index is 1.99. The molecular formula is C19H22BrN5O4. The van der Waals surface area contributed by atoms with E-state index >= 15 is 0 Å². The van der Waals surface area contributed by atoms with Gasteiger partial charge in [-0.3, -0.25) is 19.3 Å². The number of nitrogens with one attached hydrogen (secondary N) is 1. The van der Waals surface area contributed by atoms with E-state index in [-0.39, 0.29) is 6.61 Å². The van der Waals surface area contributed by atoms with Crippen molar-refractivity contribution in [3.05, 3.63) is 55.2 Å². The van der Waals surface area contributed by atoms with E-state index in [9.17, 15) is 14.4 Å². The maximum absolute atomic E-state index is 12.5. The number of imidazole rings is 1. The number of fused-ring (bicyclic) bond motifs is 1. The van der Waals surface area contributed by atoms with E-state index in [0.29, 0.717) is 40.1 Å². The van der Waals surface area contributed by atoms with Crippen LogP contribution in [0.25, 0.3) is 11.2 Å². The number of nitrogens with zero attached hydrogens (tertiary/aromatic N) is 4. The fourth-order valence-electron chi connectivity index (χ4n) is 3.05. The summed E-state index contributed by atoms with van der Waals surface area (Å²) in [4.78, 5) is 47.9. The molecule has 0 saturated carbocycles. The van der Waals surface area contributed by atoms with Crippen LogP contribution < -0.4 is 11.2 Å². The summed E-state index contributed by atoms with van der Waals surface area (Å²) >= 11 is 3.27. The Morgan fingerprint density at radius 3 is 2.66 bits per heavy atom. The van der Waals surface area contributed by atoms with Gasteiger partial charge in [0, 0.05) is 30.0 Å². The standard InChI is InChI=1S/C19H22BrN5O4/c1-3-5-7-25-16-15(17(26)23-19(25)28)24(6-4-2)14(22-16)11-29-18(27)12-8-13(20)10-21-9-12/h8-10H,3-7,11H2,1-2H3,(H,23,26,28). The average molecular weight is 464 g/mol. The third-order valence-corrected chi connectivity index (χ3v) is 4.85. The Bertz CT molecular complexity index is 1150. The summed E-state index contributed by atoms with van der Waals surface area (Å²) < 4.78 is 9.24. The first kappa shape index (κ1) is 21.0. The molecule has 0 radical (unpaired) electrons. The predicted molar refractivity (Wildman–Crippen MR) is 111 cm³/mol. The van der Waals surface area contributed by atoms with Crippen LogP contribution in [0.4, 0.5) is 0 Å². The Morgan fingerprint density at radius 1 is 1.17 bits per heavy atom. The second-order valence-corrected chi connectivity index (χ2v) is 7.50. The number of hydrogen-bond acceptors (Lipinski definition) is 6. The van der Waals surface area contributed by atoms with E-state index in [1.165, 1.54) is 10.8 Å². The van der Waals surface area contributed by atoms with Gasteiger partial charge in [-0.25, -0.2) is 14.6 Å². The van der Waals surface area contributed by atoms with Gasteiger partial charge in [0.1, 0.15) is 12.4 Å². The zero-order valence-corrected chi connectivity index (χ0v) is 17.9. The molecule has 154 valence electrons. The van der Waals surface area contributed by atoms with Gasteiger partial charge in [0.05, 0.1) is 5.56 Å². The first-order valence-corrected chi connectivity index (χ1v) is 10.3. The molecule has 0 spiro atoms. The van der Waals surface area contributed by atoms with Gasteiger partial charge in [0.2, 0.25) is 0 Å². The summed E-state index contributed by atoms with van der Waals surface area (Å²) in [7, 11) is 0. The number of esters is 1. The highest BCUT2D eigenvalue weighted by atomic mass is 79.9. The predicted octanol–water partition coefficient (Wildman–Crippen LogP) is 2.61. The Kier molecular flexibility index (Phi) is 6.63. The molecule has 3 heterocycles. The fourth-order valence-corrected chi connectivity index (χ4v) is 3.42. The minimum Gasteiger partial charge on any atom is -0.454 e. The number of carbonyl (C=O) groups excluding carboxylic acids is 1. The van der Waals surface area contributed by atoms with Crippen LogP contribution in [0.2, 0.25) is 0 Å². The number of ether oxygens (including phenoxy) is 1. The molecular weight excluding hydrogens is 442 g/mol. The van der Waals surface area contributed by atoms with Crippen LogP contribution in [0, 0.1) is 0 Å². The molecule has 0 bridgehead atoms. The van der Waals surface area contributed by atoms with Crippen molar-refractivity contribution in [1.29, 1.82) is 0 Å². The number of rotatable bonds is 8. The smallest absolute Gasteiger partial charge is 0.340 e. The van der Waals surface area contributed by atoms with Crippen molar-refractivity contribution in [2.75, 3.05) is 0 Å². The van der Waals surface area contributed by atoms with E-state index < -0.39 is 17.2 Å². The quantitative estimate of drug-likeness (QED) is 0.513. The van der Waals surface area contributed by atoms with Gasteiger partial charge >= 0.3 is 11.7 Å². The van der Waals surface area contributed by atoms with Crippen molar-refractivity contribution < 1.29 is 9.53 Å². The van der Waals surface area contributed by atoms with E-state index in [1.807, 2.05) is 13.8 Å². The molecule has 0 aliphatic rings. The molecule has 0 fully saturated rings. The van der Waals surface area contributed by atoms with Crippen molar-refractivity contribution in [1.82, 2.24) is 24.1 Å². The number of H-pyrrole nitrogens is 1. The molecule has 0 unspecified atom stereocenters. The lowest BCUT2D eigenvalue weighted by Crippen LogP contribution is -2.31. The largest absolute Gasteiger partial charge is 0.454 e. The normalized spacial score (nSPS) is 11.1. The molecule has 3 aromatic rings. The second-order valence-electron chi connectivity index (χ2n) is 6.58. The number of aromatic nitrogens is 5. The van der Waals surface area contributed by atoms with Gasteiger partial charge in [-0.2, -0.15) is 0 Å². The van der Waals surface area contributed by atoms with Gasteiger partial charge in [0.25, 0.3) is 5.56 Å². The molecule has 10 heteroatoms. The summed E-state index contributed by atoms with van der Waals surface area (Å²) in [5.41, 5.74) is -0.0444. The molecule has 0 amide bonds. The van der Waals surface area contributed by atoms with Crippen molar-refractivity contribution in [2.45, 2.75) is 52.8 Å². The van der Waals surface area contributed by atoms with Crippen LogP contribution in [0.1, 0.15) is 49.3 Å². The minimum atomic E-state index is -0.550. The van der Waals surface area contributed by atoms with Crippen LogP contribution in [-0.4, -0.2) is 30.1 Å². The monoisotopic (exact) mass is 463 g/mol. The molecule has 3 rings (SSSR count). The molecule has 0 atom stereocenters. The third kappa shape index (κ3) is 4.47. The van der Waals surface area contributed by atoms with Crippen LogP contribution in [-0.2, 0) is 24.4 Å². The van der Waals surface area contributed by atoms with Gasteiger partial charge in [-0.1, -0.05) is 20.3 Å². The molecule has 0 aromatic carbocycles. The number of unbranched alkanes of at least 4 members (excludes halogenated alkanes) is 1. The van der Waals surface area contributed by atoms with Crippen LogP contribution in [0.3, 0.4) is 0 Å². The molecule has 0 saturated heterocycles. The molecule has 0 aliphatic carbocycles. The number of hydrogen-bond donors (Lipinski definition) is 1. The first-order valence-electron chi connectivity index (χ1n) is 9.46. The fraction of sp³-hybridized carbons (Fsp3) is 0.421. The molecule has 1 N–H and O–H groups in total. The van der Waals surface area contributed by atoms with E-state index in [1.54, 1.807) is 16.8 Å². The van der Waals surface area contributed by atoms with Crippen molar-refractivity contribution in [3.63, 3.8) is 0 Å². The molecule has 29 heavy (non-hydrogen) atoms. The van der Waals surface area contributed by atoms with Gasteiger partial charge in [-0.05, 0) is 34.8 Å². The lowest BCUT2D eigenvalue weighted by molar-refractivity contribution is 0.0458. The maximum Gasteiger partial charge on any atom is 0.340 e. The highest BCUT2D eigenvalue weighted by Crippen LogP contribution is 2.16. The summed E-state index contributed by atoms with van der Waals surface area (Å²) in [6.07, 6.45) is 5.40. The SMILES string of the molecule is CCCCn1c(=O)[nH]c(=O)c2c1nc(COC(=O)c1cncc(Br)c1)n2CCC. The Labute approximate surface area is 174 Å². The number of pyridine rings is 1. The number of halogens is 1. The molecule has 3 aromatic heterocycles. The van der Waals surface area contributed by atoms with E-state index in [2.05, 4.69) is 30.9 Å². The summed E-state index contributed by atoms with van der Waals surface area (Å²) in [6, 6.07) is 1.61. The van der Waals surface area contributed by atoms with Crippen molar-refractivity contribution in [3.8, 4) is 0 Å². The average Bonchev–Trinajstić information content (AvgIpc) is 3.05. The van der Waals surface area contributed by atoms with Crippen LogP contribution in [0.15, 0.2) is 32.5 Å². The van der Waals surface area contributed by atoms with Gasteiger partial charge in [0.15, 0.2) is 11.2 Å². The van der Waals surface area contributed by atoms with Crippen LogP contribution >= 0.6 is 15.9 Å². The number of aromatic amines is 1. The van der Waals surface area contributed by atoms with Crippen molar-refractivity contribution >= 4 is 33.1 Å². The first-order chi connectivity index (χ1) is 14.0. The topological polar surface area (TPSA) is 112 Å². The summed E-state index contributed by atoms with van der Waals surface area (Å²) in [6.45, 7) is 4.83. The minimum absolute atomic E-state index is 0.124. The van der Waals surface area contributed by atoms with Crippen LogP contribution in [0.5, 0.6) is 0 Å². The maximum atomic E-state index is 12.5. The molecule has 0 aliphatic heterocycles. The lowest BCUT2D eigenvalue weighted by Gasteiger charge is -2.08. The van der Waals surface area contributed by atoms with E-state index in [4.69, 9.17) is 4.74 Å². The summed E-state index contributed by atoms with van der Waals surface area (Å²) in [5.74, 6) is -0.134. The second kappa shape index (κ2) is 9.17. The Morgan fingerprint density at radius 2 is 1.97 bits per heavy atom. The highest BCUT2D eigenvalue weighted by molar-refractivity contribution is 9.10. The van der Waals surface area contributed by atoms with Crippen molar-refractivity contribution in [2.24, 2.45) is 0 Å². The number of aryl methyl sites for hydroxylation is 2. The highest BCUT2D eigenvalue weighted by Gasteiger charge is 2.19. The molecule has 9 nitrogen and oxygen atoms in total. The van der Waals surface area contributed by atoms with Gasteiger partial charge < -0.3 is 9.30 Å². The lowest BCUT2D eigenvalue weighted by atomic mass is 10.3. The number of carbonyl (C=O) groups is 1. The van der Waals surface area contributed by atoms with E-state index in [0.717, 1.165) is 19.3 Å². The Hall–Kier alpha value is -2.75. The van der Waals surface area contributed by atoms with Gasteiger partial charge in [-0.15, -0.1) is 0 Å². The summed E-state index contributed by atoms with van der Waals surface area (Å²) in [5, 5.41) is 0. The zero-order valence-electron chi connectivity index (χ0n) is 16.3.